The number of carbonyl (C=O) groups is 3. The lowest BCUT2D eigenvalue weighted by Crippen LogP contribution is -2.16. The quantitative estimate of drug-likeness (QED) is 0.546. The maximum absolute atomic E-state index is 13.1. The molecular weight excluding hydrogens is 412 g/mol. The number of aromatic nitrogens is 1. The molecule has 0 spiro atoms. The summed E-state index contributed by atoms with van der Waals surface area (Å²) < 4.78 is 5.62. The lowest BCUT2D eigenvalue weighted by molar-refractivity contribution is -0.133. The molecule has 0 radical (unpaired) electrons. The third kappa shape index (κ3) is 6.57. The molecule has 2 aromatic rings. The van der Waals surface area contributed by atoms with Gasteiger partial charge < -0.3 is 15.2 Å². The first kappa shape index (κ1) is 22.9. The molecule has 0 saturated carbocycles. The summed E-state index contributed by atoms with van der Waals surface area (Å²) in [6.07, 6.45) is 2.19. The molecule has 2 rings (SSSR count). The summed E-state index contributed by atoms with van der Waals surface area (Å²) in [5.41, 5.74) is 1.57. The number of aryl methyl sites for hydroxylation is 2. The van der Waals surface area contributed by atoms with E-state index in [0.29, 0.717) is 22.0 Å². The molecule has 0 fully saturated rings. The molecule has 0 aliphatic rings. The van der Waals surface area contributed by atoms with Crippen LogP contribution in [0, 0.1) is 6.92 Å². The molecule has 0 unspecified atom stereocenters. The van der Waals surface area contributed by atoms with Crippen LogP contribution in [0.4, 0.5) is 5.00 Å². The van der Waals surface area contributed by atoms with Crippen molar-refractivity contribution in [2.24, 2.45) is 0 Å². The summed E-state index contributed by atoms with van der Waals surface area (Å²) in [4.78, 5) is 41.0. The van der Waals surface area contributed by atoms with Crippen molar-refractivity contribution in [1.29, 1.82) is 0 Å². The number of thioether (sulfide) groups is 1. The molecule has 2 aromatic heterocycles. The normalized spacial score (nSPS) is 10.8. The van der Waals surface area contributed by atoms with Crippen LogP contribution in [0.25, 0.3) is 0 Å². The molecule has 2 heterocycles. The zero-order valence-electron chi connectivity index (χ0n) is 16.8. The number of aliphatic carboxylic acids is 1. The van der Waals surface area contributed by atoms with Gasteiger partial charge in [0.05, 0.1) is 23.2 Å². The predicted molar refractivity (Wildman–Crippen MR) is 115 cm³/mol. The van der Waals surface area contributed by atoms with Crippen LogP contribution < -0.4 is 10.1 Å². The Kier molecular flexibility index (Phi) is 8.21. The molecule has 0 aliphatic heterocycles. The van der Waals surface area contributed by atoms with E-state index in [9.17, 15) is 14.4 Å². The van der Waals surface area contributed by atoms with E-state index in [4.69, 9.17) is 9.84 Å². The fraction of sp³-hybridized carbons (Fsp3) is 0.400. The Morgan fingerprint density at radius 3 is 2.59 bits per heavy atom. The number of carboxylic acid groups (broad SMARTS) is 1. The summed E-state index contributed by atoms with van der Waals surface area (Å²) in [6, 6.07) is 3.51. The summed E-state index contributed by atoms with van der Waals surface area (Å²) >= 11 is 2.35. The van der Waals surface area contributed by atoms with Crippen molar-refractivity contribution in [3.8, 4) is 5.88 Å². The van der Waals surface area contributed by atoms with E-state index in [0.717, 1.165) is 28.6 Å². The largest absolute Gasteiger partial charge is 0.481 e. The fourth-order valence-electron chi connectivity index (χ4n) is 2.46. The van der Waals surface area contributed by atoms with Gasteiger partial charge in [-0.25, -0.2) is 4.98 Å². The molecule has 0 saturated heterocycles. The Labute approximate surface area is 177 Å². The van der Waals surface area contributed by atoms with Crippen molar-refractivity contribution in [1.82, 2.24) is 4.98 Å². The molecule has 1 amide bonds. The number of amides is 1. The monoisotopic (exact) mass is 436 g/mol. The maximum Gasteiger partial charge on any atom is 0.313 e. The van der Waals surface area contributed by atoms with E-state index >= 15 is 0 Å². The first-order valence-electron chi connectivity index (χ1n) is 9.11. The summed E-state index contributed by atoms with van der Waals surface area (Å²) in [6.45, 7) is 7.61. The number of thiophene rings is 1. The number of ketones is 1. The van der Waals surface area contributed by atoms with E-state index in [1.165, 1.54) is 17.5 Å². The van der Waals surface area contributed by atoms with Crippen LogP contribution >= 0.6 is 23.1 Å². The SMILES string of the molecule is CCc1cc(C(=O)c2cnc(OC(C)C)c(C)c2)c(NC(=O)CSCC(=O)O)s1. The van der Waals surface area contributed by atoms with Gasteiger partial charge in [-0.05, 0) is 39.3 Å². The number of carbonyl (C=O) groups excluding carboxylic acids is 2. The highest BCUT2D eigenvalue weighted by Gasteiger charge is 2.20. The molecule has 0 aliphatic carbocycles. The standard InChI is InChI=1S/C20H24N2O5S2/c1-5-14-7-15(20(29-14)22-16(23)9-28-10-17(24)25)18(26)13-6-12(4)19(21-8-13)27-11(2)3/h6-8,11H,5,9-10H2,1-4H3,(H,22,23)(H,24,25). The van der Waals surface area contributed by atoms with Gasteiger partial charge in [0, 0.05) is 22.2 Å². The van der Waals surface area contributed by atoms with Crippen LogP contribution in [0.2, 0.25) is 0 Å². The minimum atomic E-state index is -0.976. The first-order chi connectivity index (χ1) is 13.7. The van der Waals surface area contributed by atoms with E-state index < -0.39 is 5.97 Å². The number of hydrogen-bond acceptors (Lipinski definition) is 7. The van der Waals surface area contributed by atoms with Gasteiger partial charge in [-0.3, -0.25) is 14.4 Å². The van der Waals surface area contributed by atoms with E-state index in [2.05, 4.69) is 10.3 Å². The smallest absolute Gasteiger partial charge is 0.313 e. The van der Waals surface area contributed by atoms with E-state index in [1.54, 1.807) is 12.1 Å². The first-order valence-corrected chi connectivity index (χ1v) is 11.1. The summed E-state index contributed by atoms with van der Waals surface area (Å²) in [7, 11) is 0. The Balaban J connectivity index is 2.21. The van der Waals surface area contributed by atoms with Crippen molar-refractivity contribution in [2.45, 2.75) is 40.2 Å². The average Bonchev–Trinajstić information content (AvgIpc) is 3.05. The maximum atomic E-state index is 13.1. The second kappa shape index (κ2) is 10.4. The number of anilines is 1. The van der Waals surface area contributed by atoms with Crippen LogP contribution in [0.1, 0.15) is 47.1 Å². The van der Waals surface area contributed by atoms with Crippen LogP contribution in [0.3, 0.4) is 0 Å². The number of rotatable bonds is 10. The third-order valence-electron chi connectivity index (χ3n) is 3.73. The zero-order valence-corrected chi connectivity index (χ0v) is 18.4. The predicted octanol–water partition coefficient (Wildman–Crippen LogP) is 3.79. The van der Waals surface area contributed by atoms with Crippen LogP contribution in [0.5, 0.6) is 5.88 Å². The number of ether oxygens (including phenoxy) is 1. The highest BCUT2D eigenvalue weighted by Crippen LogP contribution is 2.31. The number of pyridine rings is 1. The lowest BCUT2D eigenvalue weighted by atomic mass is 10.1. The van der Waals surface area contributed by atoms with Crippen molar-refractivity contribution in [2.75, 3.05) is 16.8 Å². The Hall–Kier alpha value is -2.39. The Morgan fingerprint density at radius 2 is 2.00 bits per heavy atom. The van der Waals surface area contributed by atoms with Gasteiger partial charge in [-0.2, -0.15) is 0 Å². The van der Waals surface area contributed by atoms with Crippen LogP contribution in [0.15, 0.2) is 18.3 Å². The Bertz CT molecular complexity index is 908. The van der Waals surface area contributed by atoms with E-state index in [-0.39, 0.29) is 29.3 Å². The average molecular weight is 437 g/mol. The second-order valence-electron chi connectivity index (χ2n) is 6.59. The van der Waals surface area contributed by atoms with Gasteiger partial charge in [0.15, 0.2) is 5.78 Å². The molecule has 0 aromatic carbocycles. The zero-order chi connectivity index (χ0) is 21.6. The van der Waals surface area contributed by atoms with Crippen LogP contribution in [-0.4, -0.2) is 45.4 Å². The second-order valence-corrected chi connectivity index (χ2v) is 8.71. The van der Waals surface area contributed by atoms with Crippen molar-refractivity contribution < 1.29 is 24.2 Å². The minimum absolute atomic E-state index is 0.00118. The number of nitrogens with zero attached hydrogens (tertiary/aromatic N) is 1. The highest BCUT2D eigenvalue weighted by atomic mass is 32.2. The Morgan fingerprint density at radius 1 is 1.28 bits per heavy atom. The van der Waals surface area contributed by atoms with Crippen molar-refractivity contribution in [3.05, 3.63) is 39.9 Å². The van der Waals surface area contributed by atoms with Crippen molar-refractivity contribution >= 4 is 45.8 Å². The van der Waals surface area contributed by atoms with Gasteiger partial charge in [0.25, 0.3) is 0 Å². The van der Waals surface area contributed by atoms with Gasteiger partial charge in [0.2, 0.25) is 11.8 Å². The molecule has 9 heteroatoms. The summed E-state index contributed by atoms with van der Waals surface area (Å²) in [5, 5.41) is 11.9. The lowest BCUT2D eigenvalue weighted by Gasteiger charge is -2.12. The fourth-order valence-corrected chi connectivity index (χ4v) is 4.00. The molecule has 0 bridgehead atoms. The van der Waals surface area contributed by atoms with Gasteiger partial charge in [-0.1, -0.05) is 6.92 Å². The van der Waals surface area contributed by atoms with Gasteiger partial charge in [-0.15, -0.1) is 23.1 Å². The molecule has 29 heavy (non-hydrogen) atoms. The number of carboxylic acids is 1. The topological polar surface area (TPSA) is 106 Å². The van der Waals surface area contributed by atoms with Gasteiger partial charge in [0.1, 0.15) is 5.00 Å². The molecule has 156 valence electrons. The minimum Gasteiger partial charge on any atom is -0.481 e. The molecule has 7 nitrogen and oxygen atoms in total. The van der Waals surface area contributed by atoms with Crippen LogP contribution in [-0.2, 0) is 16.0 Å². The number of hydrogen-bond donors (Lipinski definition) is 2. The van der Waals surface area contributed by atoms with Gasteiger partial charge >= 0.3 is 5.97 Å². The van der Waals surface area contributed by atoms with E-state index in [1.807, 2.05) is 27.7 Å². The molecular formula is C20H24N2O5S2. The summed E-state index contributed by atoms with van der Waals surface area (Å²) in [5.74, 6) is -1.22. The highest BCUT2D eigenvalue weighted by molar-refractivity contribution is 8.00. The van der Waals surface area contributed by atoms with Crippen molar-refractivity contribution in [3.63, 3.8) is 0 Å². The third-order valence-corrected chi connectivity index (χ3v) is 5.84. The molecule has 0 atom stereocenters. The molecule has 2 N–H and O–H groups in total. The number of nitrogens with one attached hydrogen (secondary N) is 1.